The zero-order valence-electron chi connectivity index (χ0n) is 12.2. The smallest absolute Gasteiger partial charge is 0.0596 e. The molecule has 18 heavy (non-hydrogen) atoms. The number of nitrogens with zero attached hydrogens (tertiary/aromatic N) is 2. The van der Waals surface area contributed by atoms with Gasteiger partial charge in [-0.1, -0.05) is 45.4 Å². The minimum Gasteiger partial charge on any atom is -0.393 e. The molecule has 0 amide bonds. The third-order valence-electron chi connectivity index (χ3n) is 3.43. The predicted molar refractivity (Wildman–Crippen MR) is 75.6 cm³/mol. The monoisotopic (exact) mass is 252 g/mol. The number of aliphatic hydroxyl groups excluding tert-OH is 1. The van der Waals surface area contributed by atoms with Crippen LogP contribution in [-0.4, -0.2) is 21.0 Å². The second kappa shape index (κ2) is 8.30. The first-order valence-corrected chi connectivity index (χ1v) is 7.31. The summed E-state index contributed by atoms with van der Waals surface area (Å²) in [6.45, 7) is 4.23. The summed E-state index contributed by atoms with van der Waals surface area (Å²) in [7, 11) is 1.94. The van der Waals surface area contributed by atoms with Gasteiger partial charge in [0.2, 0.25) is 0 Å². The molecule has 0 aliphatic carbocycles. The Balaban J connectivity index is 2.14. The minimum atomic E-state index is -0.217. The second-order valence-electron chi connectivity index (χ2n) is 5.32. The van der Waals surface area contributed by atoms with Gasteiger partial charge in [0.1, 0.15) is 0 Å². The molecule has 1 rings (SSSR count). The highest BCUT2D eigenvalue weighted by Gasteiger charge is 2.09. The Morgan fingerprint density at radius 3 is 2.50 bits per heavy atom. The number of aryl methyl sites for hydroxylation is 2. The summed E-state index contributed by atoms with van der Waals surface area (Å²) in [5, 5.41) is 14.3. The van der Waals surface area contributed by atoms with Crippen LogP contribution >= 0.6 is 0 Å². The molecule has 0 spiro atoms. The van der Waals surface area contributed by atoms with E-state index in [2.05, 4.69) is 18.1 Å². The topological polar surface area (TPSA) is 38.1 Å². The van der Waals surface area contributed by atoms with Crippen LogP contribution in [-0.2, 0) is 13.5 Å². The Labute approximate surface area is 111 Å². The zero-order chi connectivity index (χ0) is 13.4. The lowest BCUT2D eigenvalue weighted by Gasteiger charge is -2.10. The largest absolute Gasteiger partial charge is 0.393 e. The SMILES string of the molecule is CCCCCCCCC(O)Cc1cc(C)nn1C. The lowest BCUT2D eigenvalue weighted by molar-refractivity contribution is 0.158. The minimum absolute atomic E-state index is 0.217. The van der Waals surface area contributed by atoms with Gasteiger partial charge in [-0.25, -0.2) is 0 Å². The molecule has 0 radical (unpaired) electrons. The molecule has 0 aliphatic heterocycles. The van der Waals surface area contributed by atoms with Crippen molar-refractivity contribution < 1.29 is 5.11 Å². The van der Waals surface area contributed by atoms with E-state index in [0.717, 1.165) is 30.7 Å². The Hall–Kier alpha value is -0.830. The van der Waals surface area contributed by atoms with Crippen LogP contribution in [0, 0.1) is 6.92 Å². The van der Waals surface area contributed by atoms with Crippen LogP contribution in [0.1, 0.15) is 63.3 Å². The highest BCUT2D eigenvalue weighted by atomic mass is 16.3. The molecule has 0 aliphatic rings. The van der Waals surface area contributed by atoms with Crippen molar-refractivity contribution in [2.75, 3.05) is 0 Å². The van der Waals surface area contributed by atoms with Gasteiger partial charge < -0.3 is 5.11 Å². The van der Waals surface area contributed by atoms with Gasteiger partial charge in [0.15, 0.2) is 0 Å². The van der Waals surface area contributed by atoms with Gasteiger partial charge >= 0.3 is 0 Å². The Bertz CT molecular complexity index is 333. The lowest BCUT2D eigenvalue weighted by atomic mass is 10.0. The molecule has 3 nitrogen and oxygen atoms in total. The summed E-state index contributed by atoms with van der Waals surface area (Å²) in [6.07, 6.45) is 9.11. The zero-order valence-corrected chi connectivity index (χ0v) is 12.2. The molecule has 1 N–H and O–H groups in total. The van der Waals surface area contributed by atoms with Crippen LogP contribution in [0.5, 0.6) is 0 Å². The van der Waals surface area contributed by atoms with Crippen LogP contribution in [0.4, 0.5) is 0 Å². The average Bonchev–Trinajstić information content (AvgIpc) is 2.62. The van der Waals surface area contributed by atoms with E-state index in [4.69, 9.17) is 0 Å². The predicted octanol–water partition coefficient (Wildman–Crippen LogP) is 3.38. The van der Waals surface area contributed by atoms with Crippen LogP contribution in [0.15, 0.2) is 6.07 Å². The fourth-order valence-electron chi connectivity index (χ4n) is 2.36. The van der Waals surface area contributed by atoms with Crippen molar-refractivity contribution in [2.24, 2.45) is 7.05 Å². The number of aliphatic hydroxyl groups is 1. The molecule has 0 saturated heterocycles. The molecular formula is C15H28N2O. The molecule has 104 valence electrons. The van der Waals surface area contributed by atoms with Crippen molar-refractivity contribution >= 4 is 0 Å². The highest BCUT2D eigenvalue weighted by Crippen LogP contribution is 2.12. The Morgan fingerprint density at radius 1 is 1.22 bits per heavy atom. The summed E-state index contributed by atoms with van der Waals surface area (Å²) >= 11 is 0. The summed E-state index contributed by atoms with van der Waals surface area (Å²) in [4.78, 5) is 0. The maximum Gasteiger partial charge on any atom is 0.0596 e. The summed E-state index contributed by atoms with van der Waals surface area (Å²) in [6, 6.07) is 2.06. The normalized spacial score (nSPS) is 12.9. The summed E-state index contributed by atoms with van der Waals surface area (Å²) < 4.78 is 1.87. The van der Waals surface area contributed by atoms with Crippen molar-refractivity contribution in [2.45, 2.75) is 71.3 Å². The van der Waals surface area contributed by atoms with E-state index in [0.29, 0.717) is 0 Å². The van der Waals surface area contributed by atoms with E-state index < -0.39 is 0 Å². The van der Waals surface area contributed by atoms with E-state index in [9.17, 15) is 5.11 Å². The molecule has 1 atom stereocenters. The third kappa shape index (κ3) is 5.67. The van der Waals surface area contributed by atoms with E-state index in [1.165, 1.54) is 32.1 Å². The fourth-order valence-corrected chi connectivity index (χ4v) is 2.36. The van der Waals surface area contributed by atoms with Gasteiger partial charge in [0, 0.05) is 19.2 Å². The van der Waals surface area contributed by atoms with E-state index in [1.807, 2.05) is 18.7 Å². The molecule has 0 saturated carbocycles. The van der Waals surface area contributed by atoms with Gasteiger partial charge in [-0.15, -0.1) is 0 Å². The number of hydrogen-bond acceptors (Lipinski definition) is 2. The molecule has 1 heterocycles. The fraction of sp³-hybridized carbons (Fsp3) is 0.800. The molecule has 1 aromatic rings. The second-order valence-corrected chi connectivity index (χ2v) is 5.32. The first kappa shape index (κ1) is 15.2. The third-order valence-corrected chi connectivity index (χ3v) is 3.43. The van der Waals surface area contributed by atoms with Gasteiger partial charge in [-0.3, -0.25) is 4.68 Å². The molecule has 1 aromatic heterocycles. The standard InChI is InChI=1S/C15H28N2O/c1-4-5-6-7-8-9-10-15(18)12-14-11-13(2)16-17(14)3/h11,15,18H,4-10,12H2,1-3H3. The molecule has 0 bridgehead atoms. The van der Waals surface area contributed by atoms with Crippen LogP contribution in [0.3, 0.4) is 0 Å². The van der Waals surface area contributed by atoms with E-state index in [-0.39, 0.29) is 6.10 Å². The average molecular weight is 252 g/mol. The maximum atomic E-state index is 10.00. The first-order valence-electron chi connectivity index (χ1n) is 7.31. The number of hydrogen-bond donors (Lipinski definition) is 1. The summed E-state index contributed by atoms with van der Waals surface area (Å²) in [5.41, 5.74) is 2.16. The Kier molecular flexibility index (Phi) is 7.02. The Morgan fingerprint density at radius 2 is 1.89 bits per heavy atom. The molecule has 3 heteroatoms. The van der Waals surface area contributed by atoms with Crippen molar-refractivity contribution in [3.63, 3.8) is 0 Å². The van der Waals surface area contributed by atoms with Crippen LogP contribution in [0.2, 0.25) is 0 Å². The van der Waals surface area contributed by atoms with Gasteiger partial charge in [0.25, 0.3) is 0 Å². The van der Waals surface area contributed by atoms with Crippen LogP contribution < -0.4 is 0 Å². The van der Waals surface area contributed by atoms with Gasteiger partial charge in [-0.2, -0.15) is 5.10 Å². The number of rotatable bonds is 9. The van der Waals surface area contributed by atoms with Crippen LogP contribution in [0.25, 0.3) is 0 Å². The molecule has 1 unspecified atom stereocenters. The molecule has 0 fully saturated rings. The van der Waals surface area contributed by atoms with Crippen molar-refractivity contribution in [3.05, 3.63) is 17.5 Å². The quantitative estimate of drug-likeness (QED) is 0.684. The highest BCUT2D eigenvalue weighted by molar-refractivity contribution is 5.09. The summed E-state index contributed by atoms with van der Waals surface area (Å²) in [5.74, 6) is 0. The van der Waals surface area contributed by atoms with E-state index in [1.54, 1.807) is 0 Å². The van der Waals surface area contributed by atoms with Crippen molar-refractivity contribution in [1.29, 1.82) is 0 Å². The number of unbranched alkanes of at least 4 members (excludes halogenated alkanes) is 5. The van der Waals surface area contributed by atoms with Crippen molar-refractivity contribution in [1.82, 2.24) is 9.78 Å². The van der Waals surface area contributed by atoms with E-state index >= 15 is 0 Å². The maximum absolute atomic E-state index is 10.00. The molecule has 0 aromatic carbocycles. The number of aromatic nitrogens is 2. The van der Waals surface area contributed by atoms with Crippen molar-refractivity contribution in [3.8, 4) is 0 Å². The lowest BCUT2D eigenvalue weighted by Crippen LogP contribution is -2.13. The molecular weight excluding hydrogens is 224 g/mol. The van der Waals surface area contributed by atoms with Gasteiger partial charge in [-0.05, 0) is 19.4 Å². The van der Waals surface area contributed by atoms with Gasteiger partial charge in [0.05, 0.1) is 11.8 Å². The first-order chi connectivity index (χ1) is 8.63.